The standard InChI is InChI=1S/C14H11Cl2N3O2/c1-19-7-3-5-10(14(19)21)13(20)18-17-8-9-4-2-6-11(15)12(9)16/h2-8H,1H3,(H,18,20)/b17-8-. The second-order valence-corrected chi connectivity index (χ2v) is 4.97. The van der Waals surface area contributed by atoms with Crippen LogP contribution in [0.15, 0.2) is 46.4 Å². The van der Waals surface area contributed by atoms with Gasteiger partial charge in [0.1, 0.15) is 5.56 Å². The molecule has 0 saturated heterocycles. The number of aryl methyl sites for hydroxylation is 1. The lowest BCUT2D eigenvalue weighted by atomic mass is 10.2. The van der Waals surface area contributed by atoms with Gasteiger partial charge in [0.2, 0.25) is 0 Å². The molecule has 2 rings (SSSR count). The van der Waals surface area contributed by atoms with Crippen LogP contribution in [-0.4, -0.2) is 16.7 Å². The Kier molecular flexibility index (Phi) is 4.77. The Hall–Kier alpha value is -2.11. The van der Waals surface area contributed by atoms with E-state index in [1.165, 1.54) is 16.8 Å². The molecule has 1 aromatic heterocycles. The van der Waals surface area contributed by atoms with E-state index in [4.69, 9.17) is 23.2 Å². The molecule has 0 saturated carbocycles. The maximum absolute atomic E-state index is 11.9. The molecule has 1 heterocycles. The van der Waals surface area contributed by atoms with Crippen molar-refractivity contribution in [3.63, 3.8) is 0 Å². The molecule has 0 atom stereocenters. The Morgan fingerprint density at radius 3 is 2.81 bits per heavy atom. The summed E-state index contributed by atoms with van der Waals surface area (Å²) in [5.41, 5.74) is 2.45. The third kappa shape index (κ3) is 3.51. The van der Waals surface area contributed by atoms with Crippen molar-refractivity contribution in [1.82, 2.24) is 9.99 Å². The second kappa shape index (κ2) is 6.56. The fourth-order valence-electron chi connectivity index (χ4n) is 1.61. The van der Waals surface area contributed by atoms with E-state index in [0.717, 1.165) is 0 Å². The van der Waals surface area contributed by atoms with Crippen molar-refractivity contribution in [2.24, 2.45) is 12.1 Å². The molecular weight excluding hydrogens is 313 g/mol. The minimum atomic E-state index is -0.592. The summed E-state index contributed by atoms with van der Waals surface area (Å²) in [6.45, 7) is 0. The number of pyridine rings is 1. The van der Waals surface area contributed by atoms with Gasteiger partial charge in [0.15, 0.2) is 0 Å². The number of hydrazone groups is 1. The molecule has 1 N–H and O–H groups in total. The van der Waals surface area contributed by atoms with E-state index in [1.807, 2.05) is 0 Å². The topological polar surface area (TPSA) is 63.5 Å². The van der Waals surface area contributed by atoms with E-state index in [2.05, 4.69) is 10.5 Å². The quantitative estimate of drug-likeness (QED) is 0.696. The summed E-state index contributed by atoms with van der Waals surface area (Å²) in [5, 5.41) is 4.51. The Morgan fingerprint density at radius 1 is 1.29 bits per heavy atom. The van der Waals surface area contributed by atoms with Crippen LogP contribution in [0, 0.1) is 0 Å². The first-order valence-electron chi connectivity index (χ1n) is 5.94. The largest absolute Gasteiger partial charge is 0.318 e. The maximum atomic E-state index is 11.9. The first-order chi connectivity index (χ1) is 10.0. The van der Waals surface area contributed by atoms with Gasteiger partial charge in [-0.05, 0) is 18.2 Å². The van der Waals surface area contributed by atoms with Gasteiger partial charge < -0.3 is 4.57 Å². The Bertz CT molecular complexity index is 769. The van der Waals surface area contributed by atoms with Gasteiger partial charge in [0.25, 0.3) is 11.5 Å². The summed E-state index contributed by atoms with van der Waals surface area (Å²) in [4.78, 5) is 23.6. The van der Waals surface area contributed by atoms with E-state index >= 15 is 0 Å². The zero-order valence-electron chi connectivity index (χ0n) is 11.0. The van der Waals surface area contributed by atoms with Gasteiger partial charge in [0, 0.05) is 18.8 Å². The molecule has 0 radical (unpaired) electrons. The molecule has 2 aromatic rings. The molecule has 1 amide bonds. The van der Waals surface area contributed by atoms with Crippen molar-refractivity contribution in [1.29, 1.82) is 0 Å². The molecule has 7 heteroatoms. The summed E-state index contributed by atoms with van der Waals surface area (Å²) < 4.78 is 1.31. The van der Waals surface area contributed by atoms with E-state index < -0.39 is 11.5 Å². The smallest absolute Gasteiger partial charge is 0.276 e. The summed E-state index contributed by atoms with van der Waals surface area (Å²) in [5.74, 6) is -0.592. The van der Waals surface area contributed by atoms with Crippen LogP contribution in [0.5, 0.6) is 0 Å². The van der Waals surface area contributed by atoms with E-state index in [1.54, 1.807) is 37.5 Å². The predicted molar refractivity (Wildman–Crippen MR) is 83.2 cm³/mol. The van der Waals surface area contributed by atoms with Gasteiger partial charge in [-0.2, -0.15) is 5.10 Å². The number of carbonyl (C=O) groups excluding carboxylic acids is 1. The number of nitrogens with zero attached hydrogens (tertiary/aromatic N) is 2. The summed E-state index contributed by atoms with van der Waals surface area (Å²) in [6, 6.07) is 8.09. The van der Waals surface area contributed by atoms with Crippen molar-refractivity contribution < 1.29 is 4.79 Å². The van der Waals surface area contributed by atoms with Gasteiger partial charge in [-0.15, -0.1) is 0 Å². The summed E-state index contributed by atoms with van der Waals surface area (Å²) >= 11 is 11.8. The van der Waals surface area contributed by atoms with Crippen molar-refractivity contribution >= 4 is 35.3 Å². The zero-order chi connectivity index (χ0) is 15.4. The normalized spacial score (nSPS) is 10.8. The molecule has 5 nitrogen and oxygen atoms in total. The van der Waals surface area contributed by atoms with Gasteiger partial charge >= 0.3 is 0 Å². The maximum Gasteiger partial charge on any atom is 0.276 e. The number of rotatable bonds is 3. The molecule has 0 aliphatic rings. The Labute approximate surface area is 130 Å². The van der Waals surface area contributed by atoms with E-state index in [0.29, 0.717) is 15.6 Å². The van der Waals surface area contributed by atoms with Crippen molar-refractivity contribution in [2.45, 2.75) is 0 Å². The Morgan fingerprint density at radius 2 is 2.05 bits per heavy atom. The minimum Gasteiger partial charge on any atom is -0.318 e. The molecule has 21 heavy (non-hydrogen) atoms. The van der Waals surface area contributed by atoms with Crippen LogP contribution >= 0.6 is 23.2 Å². The monoisotopic (exact) mass is 323 g/mol. The number of hydrogen-bond acceptors (Lipinski definition) is 3. The third-order valence-electron chi connectivity index (χ3n) is 2.72. The van der Waals surface area contributed by atoms with Crippen LogP contribution in [0.3, 0.4) is 0 Å². The number of nitrogens with one attached hydrogen (secondary N) is 1. The molecule has 1 aromatic carbocycles. The highest BCUT2D eigenvalue weighted by atomic mass is 35.5. The van der Waals surface area contributed by atoms with Gasteiger partial charge in [0.05, 0.1) is 16.3 Å². The number of carbonyl (C=O) groups is 1. The van der Waals surface area contributed by atoms with Crippen LogP contribution in [0.2, 0.25) is 10.0 Å². The lowest BCUT2D eigenvalue weighted by Gasteiger charge is -2.02. The molecule has 0 bridgehead atoms. The first kappa shape index (κ1) is 15.3. The highest BCUT2D eigenvalue weighted by Gasteiger charge is 2.09. The molecule has 0 aliphatic heterocycles. The molecule has 108 valence electrons. The molecular formula is C14H11Cl2N3O2. The lowest BCUT2D eigenvalue weighted by molar-refractivity contribution is 0.0953. The number of halogens is 2. The number of benzene rings is 1. The fraction of sp³-hybridized carbons (Fsp3) is 0.0714. The van der Waals surface area contributed by atoms with Gasteiger partial charge in [-0.3, -0.25) is 9.59 Å². The summed E-state index contributed by atoms with van der Waals surface area (Å²) in [6.07, 6.45) is 2.92. The zero-order valence-corrected chi connectivity index (χ0v) is 12.5. The summed E-state index contributed by atoms with van der Waals surface area (Å²) in [7, 11) is 1.56. The molecule has 0 unspecified atom stereocenters. The lowest BCUT2D eigenvalue weighted by Crippen LogP contribution is -2.29. The van der Waals surface area contributed by atoms with Crippen molar-refractivity contribution in [3.8, 4) is 0 Å². The fourth-order valence-corrected chi connectivity index (χ4v) is 1.97. The SMILES string of the molecule is Cn1cccc(C(=O)N/N=C\c2cccc(Cl)c2Cl)c1=O. The highest BCUT2D eigenvalue weighted by Crippen LogP contribution is 2.23. The van der Waals surface area contributed by atoms with Crippen molar-refractivity contribution in [2.75, 3.05) is 0 Å². The highest BCUT2D eigenvalue weighted by molar-refractivity contribution is 6.43. The molecule has 0 spiro atoms. The molecule has 0 aliphatic carbocycles. The van der Waals surface area contributed by atoms with Crippen molar-refractivity contribution in [3.05, 3.63) is 68.1 Å². The predicted octanol–water partition coefficient (Wildman–Crippen LogP) is 2.46. The first-order valence-corrected chi connectivity index (χ1v) is 6.69. The van der Waals surface area contributed by atoms with Crippen LogP contribution in [0.1, 0.15) is 15.9 Å². The van der Waals surface area contributed by atoms with Crippen LogP contribution in [-0.2, 0) is 7.05 Å². The average Bonchev–Trinajstić information content (AvgIpc) is 2.46. The minimum absolute atomic E-state index is 0.00865. The van der Waals surface area contributed by atoms with E-state index in [-0.39, 0.29) is 5.56 Å². The van der Waals surface area contributed by atoms with Crippen LogP contribution < -0.4 is 11.0 Å². The number of hydrogen-bond donors (Lipinski definition) is 1. The molecule has 0 fully saturated rings. The van der Waals surface area contributed by atoms with Gasteiger partial charge in [-0.25, -0.2) is 5.43 Å². The Balaban J connectivity index is 2.14. The average molecular weight is 324 g/mol. The number of amides is 1. The second-order valence-electron chi connectivity index (χ2n) is 4.18. The number of aromatic nitrogens is 1. The third-order valence-corrected chi connectivity index (χ3v) is 3.55. The van der Waals surface area contributed by atoms with Crippen LogP contribution in [0.25, 0.3) is 0 Å². The van der Waals surface area contributed by atoms with Crippen LogP contribution in [0.4, 0.5) is 0 Å². The van der Waals surface area contributed by atoms with E-state index in [9.17, 15) is 9.59 Å². The van der Waals surface area contributed by atoms with Gasteiger partial charge in [-0.1, -0.05) is 35.3 Å².